The van der Waals surface area contributed by atoms with E-state index in [1.165, 1.54) is 39.2 Å². The van der Waals surface area contributed by atoms with E-state index in [4.69, 9.17) is 20.2 Å². The largest absolute Gasteiger partial charge is 0.464 e. The van der Waals surface area contributed by atoms with Crippen molar-refractivity contribution in [2.75, 3.05) is 31.2 Å². The number of imidazole rings is 1. The van der Waals surface area contributed by atoms with Crippen LogP contribution < -0.4 is 16.0 Å². The van der Waals surface area contributed by atoms with E-state index >= 15 is 0 Å². The summed E-state index contributed by atoms with van der Waals surface area (Å²) >= 11 is 0. The number of ether oxygens (including phenoxy) is 2. The van der Waals surface area contributed by atoms with Crippen LogP contribution in [0.3, 0.4) is 0 Å². The lowest BCUT2D eigenvalue weighted by atomic mass is 9.57. The molecule has 2 saturated carbocycles. The number of anilines is 1. The van der Waals surface area contributed by atoms with Gasteiger partial charge in [0.2, 0.25) is 5.91 Å². The molecular formula is C43H53F2N5O5. The van der Waals surface area contributed by atoms with Crippen molar-refractivity contribution in [3.05, 3.63) is 83.4 Å². The van der Waals surface area contributed by atoms with E-state index in [-0.39, 0.29) is 43.5 Å². The Morgan fingerprint density at radius 1 is 0.909 bits per heavy atom. The lowest BCUT2D eigenvalue weighted by Gasteiger charge is -2.50. The topological polar surface area (TPSA) is 129 Å². The zero-order valence-corrected chi connectivity index (χ0v) is 32.3. The first kappa shape index (κ1) is 39.8. The molecule has 3 N–H and O–H groups in total. The van der Waals surface area contributed by atoms with Crippen molar-refractivity contribution in [3.8, 4) is 11.4 Å². The minimum Gasteiger partial charge on any atom is -0.464 e. The number of nitrogens with two attached hydrogens (primary N) is 1. The van der Waals surface area contributed by atoms with Crippen molar-refractivity contribution >= 4 is 34.6 Å². The summed E-state index contributed by atoms with van der Waals surface area (Å²) in [4.78, 5) is 42.4. The summed E-state index contributed by atoms with van der Waals surface area (Å²) < 4.78 is 40.4. The molecule has 1 heterocycles. The van der Waals surface area contributed by atoms with Crippen LogP contribution in [0.15, 0.2) is 60.7 Å². The first-order chi connectivity index (χ1) is 26.3. The summed E-state index contributed by atoms with van der Waals surface area (Å²) in [6, 6.07) is 17.4. The summed E-state index contributed by atoms with van der Waals surface area (Å²) in [6.07, 6.45) is 6.09. The summed E-state index contributed by atoms with van der Waals surface area (Å²) in [5, 5.41) is 3.32. The molecule has 294 valence electrons. The molecule has 2 fully saturated rings. The number of esters is 2. The Morgan fingerprint density at radius 2 is 1.56 bits per heavy atom. The van der Waals surface area contributed by atoms with Crippen LogP contribution in [-0.2, 0) is 36.9 Å². The van der Waals surface area contributed by atoms with E-state index in [2.05, 4.69) is 29.8 Å². The Balaban J connectivity index is 1.36. The maximum absolute atomic E-state index is 14.0. The average molecular weight is 758 g/mol. The highest BCUT2D eigenvalue weighted by atomic mass is 19.2. The number of halogens is 2. The lowest BCUT2D eigenvalue weighted by molar-refractivity contribution is -0.141. The molecule has 1 aromatic heterocycles. The highest BCUT2D eigenvalue weighted by Gasteiger charge is 2.45. The molecule has 55 heavy (non-hydrogen) atoms. The van der Waals surface area contributed by atoms with Crippen LogP contribution in [0, 0.1) is 34.8 Å². The first-order valence-corrected chi connectivity index (χ1v) is 19.4. The molecule has 3 unspecified atom stereocenters. The number of hydrogen-bond acceptors (Lipinski definition) is 8. The third-order valence-electron chi connectivity index (χ3n) is 11.2. The molecule has 2 aliphatic rings. The fourth-order valence-corrected chi connectivity index (χ4v) is 9.37. The summed E-state index contributed by atoms with van der Waals surface area (Å²) in [5.74, 6) is -0.196. The monoisotopic (exact) mass is 757 g/mol. The second kappa shape index (κ2) is 17.3. The molecule has 12 heteroatoms. The molecule has 0 spiro atoms. The van der Waals surface area contributed by atoms with Gasteiger partial charge in [-0.15, -0.1) is 0 Å². The predicted octanol–water partition coefficient (Wildman–Crippen LogP) is 7.47. The molecule has 0 aliphatic heterocycles. The maximum atomic E-state index is 14.0. The molecule has 3 aromatic carbocycles. The van der Waals surface area contributed by atoms with Gasteiger partial charge in [-0.05, 0) is 115 Å². The Labute approximate surface area is 321 Å². The van der Waals surface area contributed by atoms with Crippen LogP contribution in [-0.4, -0.2) is 53.7 Å². The summed E-state index contributed by atoms with van der Waals surface area (Å²) in [5.41, 5.74) is 10.8. The van der Waals surface area contributed by atoms with E-state index in [1.807, 2.05) is 41.3 Å². The Kier molecular flexibility index (Phi) is 12.5. The van der Waals surface area contributed by atoms with Gasteiger partial charge in [-0.3, -0.25) is 14.4 Å². The average Bonchev–Trinajstić information content (AvgIpc) is 3.46. The van der Waals surface area contributed by atoms with Gasteiger partial charge in [-0.2, -0.15) is 0 Å². The quantitative estimate of drug-likeness (QED) is 0.113. The standard InChI is InChI=1S/C43H53F2N5O5/c1-27-17-32-18-28(2)23-43(22-27,24-32)26-50-40-12-8-34(38(21-41(46)53)47-25-31-5-11-36(44)37(45)19-31)20-39(40)48-42(50)33-6-9-35(10-7-33)49(13-15-54-29(3)51)14-16-55-30(4)52/h5-12,19-20,27-28,32,38,47H,13-18,21-26H2,1-4H3,(H2,46,53). The van der Waals surface area contributed by atoms with Crippen LogP contribution in [0.4, 0.5) is 14.5 Å². The van der Waals surface area contributed by atoms with Gasteiger partial charge in [0.1, 0.15) is 19.0 Å². The highest BCUT2D eigenvalue weighted by Crippen LogP contribution is 2.54. The van der Waals surface area contributed by atoms with Gasteiger partial charge in [0.05, 0.1) is 24.1 Å². The molecule has 10 nitrogen and oxygen atoms in total. The molecule has 2 bridgehead atoms. The van der Waals surface area contributed by atoms with Crippen LogP contribution >= 0.6 is 0 Å². The Hall–Kier alpha value is -4.84. The van der Waals surface area contributed by atoms with Crippen molar-refractivity contribution in [1.82, 2.24) is 14.9 Å². The number of rotatable bonds is 16. The molecule has 1 amide bonds. The number of fused-ring (bicyclic) bond motifs is 3. The minimum atomic E-state index is -0.930. The summed E-state index contributed by atoms with van der Waals surface area (Å²) in [7, 11) is 0. The van der Waals surface area contributed by atoms with Gasteiger partial charge in [-0.25, -0.2) is 13.8 Å². The molecule has 2 aliphatic carbocycles. The SMILES string of the molecule is CC(=O)OCCN(CCOC(C)=O)c1ccc(-c2nc3cc(C(CC(N)=O)NCc4ccc(F)c(F)c4)ccc3n2CC23CC(C)CC(CC(C)C2)C3)cc1. The third kappa shape index (κ3) is 10.1. The molecule has 0 radical (unpaired) electrons. The van der Waals surface area contributed by atoms with E-state index in [9.17, 15) is 23.2 Å². The minimum absolute atomic E-state index is 0.00982. The van der Waals surface area contributed by atoms with Crippen LogP contribution in [0.2, 0.25) is 0 Å². The molecule has 3 atom stereocenters. The van der Waals surface area contributed by atoms with Gasteiger partial charge in [-0.1, -0.05) is 26.0 Å². The van der Waals surface area contributed by atoms with Crippen molar-refractivity contribution < 1.29 is 32.6 Å². The number of amides is 1. The highest BCUT2D eigenvalue weighted by molar-refractivity contribution is 5.82. The number of primary amides is 1. The smallest absolute Gasteiger partial charge is 0.302 e. The van der Waals surface area contributed by atoms with Gasteiger partial charge >= 0.3 is 11.9 Å². The van der Waals surface area contributed by atoms with Gasteiger partial charge in [0.25, 0.3) is 0 Å². The van der Waals surface area contributed by atoms with Gasteiger partial charge in [0.15, 0.2) is 11.6 Å². The molecule has 6 rings (SSSR count). The number of aromatic nitrogens is 2. The van der Waals surface area contributed by atoms with E-state index in [1.54, 1.807) is 0 Å². The van der Waals surface area contributed by atoms with Crippen molar-refractivity contribution in [2.24, 2.45) is 28.9 Å². The Morgan fingerprint density at radius 3 is 2.16 bits per heavy atom. The van der Waals surface area contributed by atoms with E-state index in [0.29, 0.717) is 30.5 Å². The van der Waals surface area contributed by atoms with Crippen molar-refractivity contribution in [2.45, 2.75) is 85.4 Å². The number of benzene rings is 3. The van der Waals surface area contributed by atoms with Gasteiger partial charge < -0.3 is 30.0 Å². The number of hydrogen-bond donors (Lipinski definition) is 2. The van der Waals surface area contributed by atoms with Crippen molar-refractivity contribution in [3.63, 3.8) is 0 Å². The molecular weight excluding hydrogens is 704 g/mol. The first-order valence-electron chi connectivity index (χ1n) is 19.4. The van der Waals surface area contributed by atoms with E-state index < -0.39 is 23.6 Å². The second-order valence-electron chi connectivity index (χ2n) is 16.0. The predicted molar refractivity (Wildman–Crippen MR) is 208 cm³/mol. The van der Waals surface area contributed by atoms with Crippen LogP contribution in [0.25, 0.3) is 22.4 Å². The lowest BCUT2D eigenvalue weighted by Crippen LogP contribution is -2.42. The zero-order valence-electron chi connectivity index (χ0n) is 32.3. The van der Waals surface area contributed by atoms with Crippen LogP contribution in [0.1, 0.15) is 83.4 Å². The molecule has 4 aromatic rings. The number of carbonyl (C=O) groups is 3. The van der Waals surface area contributed by atoms with Gasteiger partial charge in [0, 0.05) is 50.7 Å². The zero-order chi connectivity index (χ0) is 39.3. The number of nitrogens with zero attached hydrogens (tertiary/aromatic N) is 3. The van der Waals surface area contributed by atoms with E-state index in [0.717, 1.165) is 71.1 Å². The normalized spacial score (nSPS) is 21.2. The Bertz CT molecular complexity index is 1960. The number of nitrogens with one attached hydrogen (secondary N) is 1. The second-order valence-corrected chi connectivity index (χ2v) is 16.0. The third-order valence-corrected chi connectivity index (χ3v) is 11.2. The maximum Gasteiger partial charge on any atom is 0.302 e. The molecule has 0 saturated heterocycles. The fraction of sp³-hybridized carbons (Fsp3) is 0.488. The fourth-order valence-electron chi connectivity index (χ4n) is 9.37. The number of carbonyl (C=O) groups excluding carboxylic acids is 3. The van der Waals surface area contributed by atoms with Crippen molar-refractivity contribution in [1.29, 1.82) is 0 Å². The van der Waals surface area contributed by atoms with Crippen LogP contribution in [0.5, 0.6) is 0 Å². The summed E-state index contributed by atoms with van der Waals surface area (Å²) in [6.45, 7) is 9.81.